The molecule has 0 unspecified atom stereocenters. The quantitative estimate of drug-likeness (QED) is 0.498. The summed E-state index contributed by atoms with van der Waals surface area (Å²) in [5.41, 5.74) is 1.39. The molecule has 1 amide bonds. The van der Waals surface area contributed by atoms with Crippen molar-refractivity contribution in [2.24, 2.45) is 5.92 Å². The number of benzene rings is 2. The number of rotatable bonds is 5. The molecule has 3 saturated heterocycles. The van der Waals surface area contributed by atoms with Gasteiger partial charge in [-0.3, -0.25) is 9.35 Å². The molecule has 3 aliphatic rings. The maximum absolute atomic E-state index is 12.5. The zero-order valence-electron chi connectivity index (χ0n) is 18.6. The van der Waals surface area contributed by atoms with Crippen LogP contribution in [-0.4, -0.2) is 49.5 Å². The third-order valence-electron chi connectivity index (χ3n) is 6.13. The standard InChI is InChI=1S/C18H19ClN2O2.C7H8O3S/c19-14-4-2-1-3-13(14)16-5-6-17(23-16)18(22)20-15-11-21-9-7-12(15)8-10-21;8-11(9,10)6-7-4-2-1-3-5-7/h1-6,12,15H,7-11H2,(H,20,22);1-5H,6H2,(H,8,9,10)/t15-;/m0./s1. The molecular formula is C25H27ClN2O5S. The average Bonchev–Trinajstić information content (AvgIpc) is 3.30. The van der Waals surface area contributed by atoms with Crippen molar-refractivity contribution in [3.63, 3.8) is 0 Å². The van der Waals surface area contributed by atoms with Crippen LogP contribution in [0.1, 0.15) is 29.0 Å². The molecule has 2 aromatic carbocycles. The summed E-state index contributed by atoms with van der Waals surface area (Å²) < 4.78 is 34.9. The van der Waals surface area contributed by atoms with Gasteiger partial charge >= 0.3 is 0 Å². The summed E-state index contributed by atoms with van der Waals surface area (Å²) in [6.45, 7) is 3.28. The number of furan rings is 1. The minimum Gasteiger partial charge on any atom is -0.451 e. The number of amides is 1. The number of carbonyl (C=O) groups excluding carboxylic acids is 1. The number of nitrogens with one attached hydrogen (secondary N) is 1. The van der Waals surface area contributed by atoms with E-state index >= 15 is 0 Å². The molecule has 4 heterocycles. The van der Waals surface area contributed by atoms with Gasteiger partial charge in [0.05, 0.1) is 5.02 Å². The highest BCUT2D eigenvalue weighted by atomic mass is 35.5. The van der Waals surface area contributed by atoms with Crippen LogP contribution in [0, 0.1) is 5.92 Å². The highest BCUT2D eigenvalue weighted by Gasteiger charge is 2.35. The Morgan fingerprint density at radius 2 is 1.71 bits per heavy atom. The number of halogens is 1. The lowest BCUT2D eigenvalue weighted by Gasteiger charge is -2.44. The van der Waals surface area contributed by atoms with E-state index < -0.39 is 10.1 Å². The zero-order chi connectivity index (χ0) is 24.1. The SMILES string of the molecule is O=C(N[C@H]1CN2CCC1CC2)c1ccc(-c2ccccc2Cl)o1.O=S(=O)(O)Cc1ccccc1. The molecule has 9 heteroatoms. The lowest BCUT2D eigenvalue weighted by molar-refractivity contribution is 0.0606. The summed E-state index contributed by atoms with van der Waals surface area (Å²) in [7, 11) is -3.88. The van der Waals surface area contributed by atoms with Gasteiger partial charge in [0.2, 0.25) is 0 Å². The van der Waals surface area contributed by atoms with Gasteiger partial charge in [0, 0.05) is 18.2 Å². The van der Waals surface area contributed by atoms with Gasteiger partial charge in [0.1, 0.15) is 11.5 Å². The Kier molecular flexibility index (Phi) is 7.73. The largest absolute Gasteiger partial charge is 0.451 e. The number of fused-ring (bicyclic) bond motifs is 3. The summed E-state index contributed by atoms with van der Waals surface area (Å²) in [4.78, 5) is 14.9. The first-order chi connectivity index (χ1) is 16.3. The molecule has 2 bridgehead atoms. The molecule has 1 atom stereocenters. The van der Waals surface area contributed by atoms with E-state index in [1.54, 1.807) is 42.5 Å². The summed E-state index contributed by atoms with van der Waals surface area (Å²) in [5.74, 6) is 1.11. The van der Waals surface area contributed by atoms with E-state index in [4.69, 9.17) is 20.6 Å². The van der Waals surface area contributed by atoms with Gasteiger partial charge in [-0.2, -0.15) is 8.42 Å². The van der Waals surface area contributed by atoms with Crippen molar-refractivity contribution >= 4 is 27.6 Å². The molecule has 6 rings (SSSR count). The van der Waals surface area contributed by atoms with E-state index in [9.17, 15) is 13.2 Å². The van der Waals surface area contributed by atoms with E-state index in [0.717, 1.165) is 25.2 Å². The normalized spacial score (nSPS) is 21.4. The molecule has 1 aromatic heterocycles. The second-order valence-electron chi connectivity index (χ2n) is 8.57. The Labute approximate surface area is 204 Å². The second-order valence-corrected chi connectivity index (χ2v) is 10.4. The van der Waals surface area contributed by atoms with Crippen LogP contribution in [0.3, 0.4) is 0 Å². The first kappa shape index (κ1) is 24.5. The molecule has 0 spiro atoms. The fourth-order valence-corrected chi connectivity index (χ4v) is 5.26. The molecule has 180 valence electrons. The Balaban J connectivity index is 0.000000210. The Morgan fingerprint density at radius 1 is 1.03 bits per heavy atom. The smallest absolute Gasteiger partial charge is 0.287 e. The third-order valence-corrected chi connectivity index (χ3v) is 7.16. The lowest BCUT2D eigenvalue weighted by Crippen LogP contribution is -2.57. The number of hydrogen-bond donors (Lipinski definition) is 2. The first-order valence-corrected chi connectivity index (χ1v) is 13.1. The van der Waals surface area contributed by atoms with Crippen molar-refractivity contribution in [2.45, 2.75) is 24.6 Å². The van der Waals surface area contributed by atoms with Crippen molar-refractivity contribution < 1.29 is 22.2 Å². The second kappa shape index (κ2) is 10.7. The molecule has 3 aromatic rings. The van der Waals surface area contributed by atoms with Gasteiger partial charge in [-0.05, 0) is 61.7 Å². The van der Waals surface area contributed by atoms with Crippen LogP contribution < -0.4 is 5.32 Å². The molecule has 0 saturated carbocycles. The average molecular weight is 503 g/mol. The summed E-state index contributed by atoms with van der Waals surface area (Å²) in [6.07, 6.45) is 2.35. The van der Waals surface area contributed by atoms with Crippen molar-refractivity contribution in [3.05, 3.63) is 83.1 Å². The maximum Gasteiger partial charge on any atom is 0.287 e. The molecule has 0 radical (unpaired) electrons. The Hall–Kier alpha value is -2.65. The van der Waals surface area contributed by atoms with Crippen LogP contribution in [0.15, 0.2) is 71.1 Å². The Morgan fingerprint density at radius 3 is 2.32 bits per heavy atom. The van der Waals surface area contributed by atoms with Gasteiger partial charge in [-0.15, -0.1) is 0 Å². The van der Waals surface area contributed by atoms with Crippen LogP contribution in [0.5, 0.6) is 0 Å². The van der Waals surface area contributed by atoms with Crippen molar-refractivity contribution in [2.75, 3.05) is 19.6 Å². The van der Waals surface area contributed by atoms with Gasteiger partial charge in [0.15, 0.2) is 5.76 Å². The minimum atomic E-state index is -3.88. The van der Waals surface area contributed by atoms with Crippen LogP contribution in [0.2, 0.25) is 5.02 Å². The van der Waals surface area contributed by atoms with E-state index in [1.165, 1.54) is 12.8 Å². The lowest BCUT2D eigenvalue weighted by atomic mass is 9.84. The van der Waals surface area contributed by atoms with Crippen LogP contribution in [-0.2, 0) is 15.9 Å². The predicted molar refractivity (Wildman–Crippen MR) is 131 cm³/mol. The van der Waals surface area contributed by atoms with E-state index in [0.29, 0.717) is 28.0 Å². The fourth-order valence-electron chi connectivity index (χ4n) is 4.42. The van der Waals surface area contributed by atoms with E-state index in [1.807, 2.05) is 24.3 Å². The van der Waals surface area contributed by atoms with Crippen LogP contribution in [0.4, 0.5) is 0 Å². The molecule has 2 N–H and O–H groups in total. The molecule has 3 fully saturated rings. The first-order valence-electron chi connectivity index (χ1n) is 11.2. The summed E-state index contributed by atoms with van der Waals surface area (Å²) >= 11 is 6.18. The maximum atomic E-state index is 12.5. The number of carbonyl (C=O) groups is 1. The van der Waals surface area contributed by atoms with Crippen LogP contribution >= 0.6 is 11.6 Å². The molecule has 3 aliphatic heterocycles. The number of hydrogen-bond acceptors (Lipinski definition) is 5. The Bertz CT molecular complexity index is 1220. The molecular weight excluding hydrogens is 476 g/mol. The van der Waals surface area contributed by atoms with E-state index in [-0.39, 0.29) is 17.7 Å². The van der Waals surface area contributed by atoms with Crippen molar-refractivity contribution in [1.82, 2.24) is 10.2 Å². The monoisotopic (exact) mass is 502 g/mol. The number of nitrogens with zero attached hydrogens (tertiary/aromatic N) is 1. The zero-order valence-corrected chi connectivity index (χ0v) is 20.1. The molecule has 7 nitrogen and oxygen atoms in total. The molecule has 34 heavy (non-hydrogen) atoms. The van der Waals surface area contributed by atoms with Crippen LogP contribution in [0.25, 0.3) is 11.3 Å². The van der Waals surface area contributed by atoms with Gasteiger partial charge in [-0.25, -0.2) is 0 Å². The van der Waals surface area contributed by atoms with Gasteiger partial charge < -0.3 is 14.6 Å². The van der Waals surface area contributed by atoms with Crippen molar-refractivity contribution in [3.8, 4) is 11.3 Å². The minimum absolute atomic E-state index is 0.137. The highest BCUT2D eigenvalue weighted by molar-refractivity contribution is 7.85. The fraction of sp³-hybridized carbons (Fsp3) is 0.320. The van der Waals surface area contributed by atoms with Gasteiger partial charge in [-0.1, -0.05) is 54.1 Å². The van der Waals surface area contributed by atoms with E-state index in [2.05, 4.69) is 10.2 Å². The topological polar surface area (TPSA) is 99.9 Å². The number of piperidine rings is 3. The molecule has 0 aliphatic carbocycles. The summed E-state index contributed by atoms with van der Waals surface area (Å²) in [5, 5.41) is 3.76. The van der Waals surface area contributed by atoms with Gasteiger partial charge in [0.25, 0.3) is 16.0 Å². The highest BCUT2D eigenvalue weighted by Crippen LogP contribution is 2.30. The summed E-state index contributed by atoms with van der Waals surface area (Å²) in [6, 6.07) is 19.7. The predicted octanol–water partition coefficient (Wildman–Crippen LogP) is 4.50. The third kappa shape index (κ3) is 6.48. The van der Waals surface area contributed by atoms with Crippen molar-refractivity contribution in [1.29, 1.82) is 0 Å².